The molecule has 0 aromatic heterocycles. The number of benzene rings is 1. The number of piperidine rings is 1. The number of β-lactam (4-membered cyclic amide) rings is 1. The molecule has 3 fully saturated rings. The minimum atomic E-state index is -0.299. The van der Waals surface area contributed by atoms with E-state index in [1.165, 1.54) is 0 Å². The van der Waals surface area contributed by atoms with Crippen molar-refractivity contribution in [3.05, 3.63) is 18.2 Å². The Morgan fingerprint density at radius 1 is 1.16 bits per heavy atom. The quantitative estimate of drug-likeness (QED) is 0.830. The summed E-state index contributed by atoms with van der Waals surface area (Å²) in [6, 6.07) is 6.01. The van der Waals surface area contributed by atoms with E-state index in [0.717, 1.165) is 37.1 Å². The molecule has 0 radical (unpaired) electrons. The lowest BCUT2D eigenvalue weighted by Gasteiger charge is -2.52. The predicted molar refractivity (Wildman–Crippen MR) is 89.7 cm³/mol. The van der Waals surface area contributed by atoms with Gasteiger partial charge in [0.05, 0.1) is 5.41 Å². The highest BCUT2D eigenvalue weighted by atomic mass is 16.7. The van der Waals surface area contributed by atoms with Crippen LogP contribution in [0.4, 0.5) is 10.5 Å². The Labute approximate surface area is 145 Å². The van der Waals surface area contributed by atoms with E-state index in [0.29, 0.717) is 31.4 Å². The van der Waals surface area contributed by atoms with Gasteiger partial charge in [0.15, 0.2) is 11.5 Å². The van der Waals surface area contributed by atoms with Gasteiger partial charge in [-0.25, -0.2) is 4.79 Å². The van der Waals surface area contributed by atoms with Crippen molar-refractivity contribution in [3.63, 3.8) is 0 Å². The van der Waals surface area contributed by atoms with E-state index in [9.17, 15) is 9.59 Å². The number of nitrogens with zero attached hydrogens (tertiary/aromatic N) is 2. The van der Waals surface area contributed by atoms with Crippen molar-refractivity contribution in [2.45, 2.75) is 31.7 Å². The Hall–Kier alpha value is -2.44. The fraction of sp³-hybridized carbons (Fsp3) is 0.556. The average molecular weight is 343 g/mol. The van der Waals surface area contributed by atoms with Crippen molar-refractivity contribution < 1.29 is 19.1 Å². The zero-order valence-electron chi connectivity index (χ0n) is 14.0. The Balaban J connectivity index is 1.22. The maximum atomic E-state index is 12.8. The molecule has 2 saturated heterocycles. The van der Waals surface area contributed by atoms with E-state index in [4.69, 9.17) is 9.47 Å². The van der Waals surface area contributed by atoms with E-state index in [1.54, 1.807) is 0 Å². The molecule has 3 amide bonds. The van der Waals surface area contributed by atoms with Gasteiger partial charge in [-0.1, -0.05) is 0 Å². The Morgan fingerprint density at radius 2 is 1.92 bits per heavy atom. The van der Waals surface area contributed by atoms with Crippen LogP contribution in [-0.4, -0.2) is 49.3 Å². The first-order chi connectivity index (χ1) is 12.1. The van der Waals surface area contributed by atoms with Crippen LogP contribution in [0.2, 0.25) is 0 Å². The molecule has 7 heteroatoms. The smallest absolute Gasteiger partial charge is 0.317 e. The van der Waals surface area contributed by atoms with Crippen LogP contribution >= 0.6 is 0 Å². The molecule has 4 aliphatic rings. The molecule has 0 bridgehead atoms. The molecule has 7 nitrogen and oxygen atoms in total. The summed E-state index contributed by atoms with van der Waals surface area (Å²) in [5.74, 6) is 1.58. The molecule has 25 heavy (non-hydrogen) atoms. The van der Waals surface area contributed by atoms with E-state index in [1.807, 2.05) is 28.0 Å². The molecule has 1 spiro atoms. The van der Waals surface area contributed by atoms with Crippen LogP contribution in [0.1, 0.15) is 25.7 Å². The molecule has 1 aromatic carbocycles. The average Bonchev–Trinajstić information content (AvgIpc) is 3.32. The molecule has 3 heterocycles. The van der Waals surface area contributed by atoms with Crippen molar-refractivity contribution in [2.24, 2.45) is 5.41 Å². The molecule has 132 valence electrons. The van der Waals surface area contributed by atoms with Gasteiger partial charge in [-0.15, -0.1) is 0 Å². The molecule has 1 N–H and O–H groups in total. The van der Waals surface area contributed by atoms with Crippen molar-refractivity contribution in [3.8, 4) is 11.5 Å². The van der Waals surface area contributed by atoms with Gasteiger partial charge < -0.3 is 24.6 Å². The summed E-state index contributed by atoms with van der Waals surface area (Å²) in [5, 5.41) is 3.02. The maximum absolute atomic E-state index is 12.8. The van der Waals surface area contributed by atoms with Crippen molar-refractivity contribution in [1.29, 1.82) is 0 Å². The third-order valence-electron chi connectivity index (χ3n) is 5.74. The third kappa shape index (κ3) is 2.41. The largest absolute Gasteiger partial charge is 0.454 e. The van der Waals surface area contributed by atoms with E-state index in [-0.39, 0.29) is 24.1 Å². The van der Waals surface area contributed by atoms with E-state index < -0.39 is 0 Å². The number of amides is 3. The SMILES string of the molecule is O=C(NC1CC1)N1CCC2(CC1)CN(c1ccc3c(c1)OCO3)C2=O. The molecule has 1 saturated carbocycles. The first kappa shape index (κ1) is 14.9. The number of rotatable bonds is 2. The minimum Gasteiger partial charge on any atom is -0.454 e. The second kappa shape index (κ2) is 5.28. The number of nitrogens with one attached hydrogen (secondary N) is 1. The molecule has 3 aliphatic heterocycles. The molecule has 1 aliphatic carbocycles. The number of urea groups is 1. The lowest BCUT2D eigenvalue weighted by atomic mass is 9.71. The second-order valence-corrected chi connectivity index (χ2v) is 7.42. The number of likely N-dealkylation sites (tertiary alicyclic amines) is 1. The standard InChI is InChI=1S/C18H21N3O4/c22-16-18(5-7-20(8-6-18)17(23)19-12-1-2-12)10-21(16)13-3-4-14-15(9-13)25-11-24-14/h3-4,9,12H,1-2,5-8,10-11H2,(H,19,23). The molecular formula is C18H21N3O4. The summed E-state index contributed by atoms with van der Waals surface area (Å²) in [6.45, 7) is 2.25. The van der Waals surface area contributed by atoms with Gasteiger partial charge in [0.1, 0.15) is 0 Å². The normalized spacial score (nSPS) is 23.6. The highest BCUT2D eigenvalue weighted by Crippen LogP contribution is 2.46. The van der Waals surface area contributed by atoms with E-state index >= 15 is 0 Å². The molecule has 5 rings (SSSR count). The van der Waals surface area contributed by atoms with Gasteiger partial charge in [-0.2, -0.15) is 0 Å². The molecule has 0 atom stereocenters. The van der Waals surface area contributed by atoms with Crippen LogP contribution in [0.25, 0.3) is 0 Å². The maximum Gasteiger partial charge on any atom is 0.317 e. The monoisotopic (exact) mass is 343 g/mol. The molecular weight excluding hydrogens is 322 g/mol. The summed E-state index contributed by atoms with van der Waals surface area (Å²) in [5.41, 5.74) is 0.556. The summed E-state index contributed by atoms with van der Waals surface area (Å²) < 4.78 is 10.7. The number of hydrogen-bond donors (Lipinski definition) is 1. The van der Waals surface area contributed by atoms with Gasteiger partial charge in [0.25, 0.3) is 0 Å². The van der Waals surface area contributed by atoms with Crippen LogP contribution in [0.5, 0.6) is 11.5 Å². The highest BCUT2D eigenvalue weighted by Gasteiger charge is 2.54. The summed E-state index contributed by atoms with van der Waals surface area (Å²) in [7, 11) is 0. The van der Waals surface area contributed by atoms with Gasteiger partial charge in [-0.05, 0) is 37.8 Å². The number of anilines is 1. The minimum absolute atomic E-state index is 0.0248. The Morgan fingerprint density at radius 3 is 2.64 bits per heavy atom. The predicted octanol–water partition coefficient (Wildman–Crippen LogP) is 1.72. The number of hydrogen-bond acceptors (Lipinski definition) is 4. The van der Waals surface area contributed by atoms with Crippen LogP contribution in [0.15, 0.2) is 18.2 Å². The molecule has 0 unspecified atom stereocenters. The van der Waals surface area contributed by atoms with Crippen molar-refractivity contribution >= 4 is 17.6 Å². The summed E-state index contributed by atoms with van der Waals surface area (Å²) >= 11 is 0. The fourth-order valence-electron chi connectivity index (χ4n) is 3.90. The van der Waals surface area contributed by atoms with Gasteiger partial charge >= 0.3 is 6.03 Å². The van der Waals surface area contributed by atoms with Crippen LogP contribution in [0, 0.1) is 5.41 Å². The number of ether oxygens (including phenoxy) is 2. The summed E-state index contributed by atoms with van der Waals surface area (Å²) in [4.78, 5) is 28.6. The first-order valence-electron chi connectivity index (χ1n) is 8.92. The lowest BCUT2D eigenvalue weighted by Crippen LogP contribution is -2.65. The second-order valence-electron chi connectivity index (χ2n) is 7.42. The number of carbonyl (C=O) groups excluding carboxylic acids is 2. The van der Waals surface area contributed by atoms with Crippen LogP contribution < -0.4 is 19.7 Å². The topological polar surface area (TPSA) is 71.1 Å². The van der Waals surface area contributed by atoms with Gasteiger partial charge in [-0.3, -0.25) is 4.79 Å². The van der Waals surface area contributed by atoms with Gasteiger partial charge in [0, 0.05) is 37.4 Å². The zero-order chi connectivity index (χ0) is 17.0. The fourth-order valence-corrected chi connectivity index (χ4v) is 3.90. The van der Waals surface area contributed by atoms with Crippen LogP contribution in [-0.2, 0) is 4.79 Å². The summed E-state index contributed by atoms with van der Waals surface area (Å²) in [6.07, 6.45) is 3.66. The lowest BCUT2D eigenvalue weighted by molar-refractivity contribution is -0.138. The number of carbonyl (C=O) groups is 2. The first-order valence-corrected chi connectivity index (χ1v) is 8.92. The highest BCUT2D eigenvalue weighted by molar-refractivity contribution is 6.04. The number of fused-ring (bicyclic) bond motifs is 1. The van der Waals surface area contributed by atoms with Crippen LogP contribution in [0.3, 0.4) is 0 Å². The zero-order valence-corrected chi connectivity index (χ0v) is 14.0. The Bertz CT molecular complexity index is 738. The Kier molecular flexibility index (Phi) is 3.14. The molecule has 1 aromatic rings. The van der Waals surface area contributed by atoms with Crippen molar-refractivity contribution in [2.75, 3.05) is 31.3 Å². The van der Waals surface area contributed by atoms with E-state index in [2.05, 4.69) is 5.32 Å². The van der Waals surface area contributed by atoms with Gasteiger partial charge in [0.2, 0.25) is 12.7 Å². The third-order valence-corrected chi connectivity index (χ3v) is 5.74. The van der Waals surface area contributed by atoms with Crippen molar-refractivity contribution in [1.82, 2.24) is 10.2 Å².